The van der Waals surface area contributed by atoms with Crippen LogP contribution in [0.4, 0.5) is 0 Å². The highest BCUT2D eigenvalue weighted by molar-refractivity contribution is 6.99. The predicted molar refractivity (Wildman–Crippen MR) is 250 cm³/mol. The molecule has 0 spiro atoms. The average Bonchev–Trinajstić information content (AvgIpc) is 3.18. The van der Waals surface area contributed by atoms with E-state index in [-0.39, 0.29) is 69.9 Å². The summed E-state index contributed by atoms with van der Waals surface area (Å²) in [6.45, 7) is 35.7. The van der Waals surface area contributed by atoms with Gasteiger partial charge in [0.05, 0.1) is 24.4 Å². The molecule has 2 fully saturated rings. The van der Waals surface area contributed by atoms with Gasteiger partial charge in [-0.1, -0.05) is 167 Å². The minimum absolute atomic E-state index is 0.00194. The third-order valence-corrected chi connectivity index (χ3v) is 23.5. The third kappa shape index (κ3) is 10.6. The Labute approximate surface area is 365 Å². The zero-order chi connectivity index (χ0) is 44.4. The minimum atomic E-state index is -2.76. The van der Waals surface area contributed by atoms with Crippen molar-refractivity contribution in [1.29, 1.82) is 0 Å². The number of ketones is 1. The lowest BCUT2D eigenvalue weighted by molar-refractivity contribution is -0.335. The summed E-state index contributed by atoms with van der Waals surface area (Å²) in [5, 5.41) is 2.30. The maximum atomic E-state index is 15.0. The highest BCUT2D eigenvalue weighted by Gasteiger charge is 2.53. The molecule has 0 aliphatic carbocycles. The first kappa shape index (κ1) is 48.6. The molecule has 2 aliphatic rings. The van der Waals surface area contributed by atoms with E-state index in [2.05, 4.69) is 157 Å². The van der Waals surface area contributed by atoms with Gasteiger partial charge in [0, 0.05) is 42.3 Å². The first-order chi connectivity index (χ1) is 27.9. The number of benzene rings is 3. The Morgan fingerprint density at radius 1 is 0.683 bits per heavy atom. The molecule has 0 bridgehead atoms. The van der Waals surface area contributed by atoms with E-state index in [1.165, 1.54) is 10.4 Å². The fourth-order valence-electron chi connectivity index (χ4n) is 9.40. The van der Waals surface area contributed by atoms with Crippen molar-refractivity contribution in [2.75, 3.05) is 6.61 Å². The van der Waals surface area contributed by atoms with Crippen LogP contribution in [0.2, 0.25) is 23.2 Å². The second kappa shape index (κ2) is 19.1. The Kier molecular flexibility index (Phi) is 15.5. The van der Waals surface area contributed by atoms with E-state index in [1.54, 1.807) is 0 Å². The van der Waals surface area contributed by atoms with Gasteiger partial charge < -0.3 is 27.8 Å². The molecule has 5 rings (SSSR count). The molecule has 2 heterocycles. The largest absolute Gasteiger partial charge is 0.407 e. The lowest BCUT2D eigenvalue weighted by Gasteiger charge is -2.50. The van der Waals surface area contributed by atoms with Gasteiger partial charge in [0.2, 0.25) is 0 Å². The number of hydrogen-bond acceptors (Lipinski definition) is 7. The van der Waals surface area contributed by atoms with Crippen LogP contribution in [-0.4, -0.2) is 65.3 Å². The number of rotatable bonds is 15. The van der Waals surface area contributed by atoms with Crippen LogP contribution >= 0.6 is 0 Å². The van der Waals surface area contributed by atoms with Crippen molar-refractivity contribution in [3.8, 4) is 0 Å². The molecule has 11 atom stereocenters. The molecule has 60 heavy (non-hydrogen) atoms. The summed E-state index contributed by atoms with van der Waals surface area (Å²) in [5.74, 6) is -0.927. The Balaban J connectivity index is 1.39. The number of hydrogen-bond donors (Lipinski definition) is 0. The van der Waals surface area contributed by atoms with Crippen LogP contribution < -0.4 is 10.4 Å². The van der Waals surface area contributed by atoms with Gasteiger partial charge in [-0.15, -0.1) is 0 Å². The first-order valence-electron chi connectivity index (χ1n) is 22.6. The smallest absolute Gasteiger partial charge is 0.261 e. The summed E-state index contributed by atoms with van der Waals surface area (Å²) < 4.78 is 41.4. The molecule has 0 saturated carbocycles. The Bertz CT molecular complexity index is 1770. The Morgan fingerprint density at radius 3 is 1.65 bits per heavy atom. The summed E-state index contributed by atoms with van der Waals surface area (Å²) in [6, 6.07) is 31.7. The summed E-state index contributed by atoms with van der Waals surface area (Å²) in [5.41, 5.74) is 0.976. The van der Waals surface area contributed by atoms with Crippen LogP contribution in [0.1, 0.15) is 115 Å². The molecule has 3 aromatic rings. The second-order valence-corrected chi connectivity index (χ2v) is 30.3. The topological polar surface area (TPSA) is 72.5 Å². The Hall–Kier alpha value is -2.48. The van der Waals surface area contributed by atoms with E-state index in [9.17, 15) is 4.79 Å². The lowest BCUT2D eigenvalue weighted by Crippen LogP contribution is -2.67. The van der Waals surface area contributed by atoms with Crippen molar-refractivity contribution in [3.63, 3.8) is 0 Å². The van der Waals surface area contributed by atoms with Crippen molar-refractivity contribution in [2.45, 2.75) is 169 Å². The summed E-state index contributed by atoms with van der Waals surface area (Å²) in [7, 11) is -5.15. The van der Waals surface area contributed by atoms with Crippen molar-refractivity contribution in [2.24, 2.45) is 29.6 Å². The zero-order valence-corrected chi connectivity index (χ0v) is 41.8. The van der Waals surface area contributed by atoms with Crippen LogP contribution in [0, 0.1) is 29.6 Å². The van der Waals surface area contributed by atoms with Crippen LogP contribution in [0.5, 0.6) is 0 Å². The fourth-order valence-corrected chi connectivity index (χ4v) is 15.4. The van der Waals surface area contributed by atoms with Crippen LogP contribution in [-0.2, 0) is 32.6 Å². The number of carbonyl (C=O) groups excluding carboxylic acids is 1. The molecule has 0 aromatic heterocycles. The molecule has 0 unspecified atom stereocenters. The zero-order valence-electron chi connectivity index (χ0n) is 39.8. The van der Waals surface area contributed by atoms with Crippen molar-refractivity contribution in [3.05, 3.63) is 96.6 Å². The van der Waals surface area contributed by atoms with E-state index in [1.807, 2.05) is 44.2 Å². The van der Waals surface area contributed by atoms with E-state index < -0.39 is 34.8 Å². The van der Waals surface area contributed by atoms with Gasteiger partial charge in [-0.2, -0.15) is 0 Å². The predicted octanol–water partition coefficient (Wildman–Crippen LogP) is 11.1. The quantitative estimate of drug-likeness (QED) is 0.141. The van der Waals surface area contributed by atoms with Crippen molar-refractivity contribution >= 4 is 32.8 Å². The Morgan fingerprint density at radius 2 is 1.17 bits per heavy atom. The third-order valence-electron chi connectivity index (χ3n) is 14.0. The first-order valence-corrected chi connectivity index (χ1v) is 27.4. The molecule has 0 N–H and O–H groups in total. The van der Waals surface area contributed by atoms with Gasteiger partial charge in [-0.25, -0.2) is 0 Å². The van der Waals surface area contributed by atoms with E-state index in [0.29, 0.717) is 13.0 Å². The van der Waals surface area contributed by atoms with Gasteiger partial charge in [-0.3, -0.25) is 4.79 Å². The van der Waals surface area contributed by atoms with Gasteiger partial charge in [0.1, 0.15) is 6.10 Å². The molecule has 9 heteroatoms. The van der Waals surface area contributed by atoms with E-state index in [0.717, 1.165) is 5.56 Å². The van der Waals surface area contributed by atoms with Gasteiger partial charge in [-0.05, 0) is 60.2 Å². The molecule has 3 aromatic carbocycles. The average molecular weight is 859 g/mol. The maximum absolute atomic E-state index is 15.0. The highest BCUT2D eigenvalue weighted by atomic mass is 28.4. The highest BCUT2D eigenvalue weighted by Crippen LogP contribution is 2.44. The van der Waals surface area contributed by atoms with E-state index in [4.69, 9.17) is 27.8 Å². The molecular formula is C51H78O7Si2. The number of carbonyl (C=O) groups is 1. The second-order valence-electron chi connectivity index (χ2n) is 21.2. The molecular weight excluding hydrogens is 781 g/mol. The van der Waals surface area contributed by atoms with Crippen LogP contribution in [0.3, 0.4) is 0 Å². The lowest BCUT2D eigenvalue weighted by atomic mass is 9.79. The number of Topliss-reactive ketones (excluding diaryl/α,β-unsaturated/α-hetero) is 1. The fraction of sp³-hybridized carbons (Fsp3) is 0.627. The van der Waals surface area contributed by atoms with Gasteiger partial charge in [0.15, 0.2) is 26.2 Å². The minimum Gasteiger partial charge on any atom is -0.407 e. The van der Waals surface area contributed by atoms with Gasteiger partial charge >= 0.3 is 0 Å². The molecule has 7 nitrogen and oxygen atoms in total. The van der Waals surface area contributed by atoms with Crippen LogP contribution in [0.15, 0.2) is 91.0 Å². The molecule has 2 saturated heterocycles. The van der Waals surface area contributed by atoms with Crippen molar-refractivity contribution in [1.82, 2.24) is 0 Å². The molecule has 0 radical (unpaired) electrons. The standard InChI is InChI=1S/C51H78O7Si2/c1-34(32-43(52)47(58-59(15,16)49(7,8)9)38(5)46-36(3)39(6)54-48(55-46)40-26-20-17-21-27-40)44-37(4)45(57-51(13,14)56-44)35(2)33-53-60(50(10,11)12,41-28-22-18-23-29-41)42-30-24-19-25-31-42/h17-31,34-39,44-48H,32-33H2,1-16H3/t34-,35-,36-,37+,38+,39+,44-,45+,46-,47-,48+/m0/s1. The maximum Gasteiger partial charge on any atom is 0.261 e. The summed E-state index contributed by atoms with van der Waals surface area (Å²) in [4.78, 5) is 15.0. The molecule has 2 aliphatic heterocycles. The van der Waals surface area contributed by atoms with E-state index >= 15 is 0 Å². The molecule has 0 amide bonds. The van der Waals surface area contributed by atoms with Gasteiger partial charge in [0.25, 0.3) is 8.32 Å². The summed E-state index contributed by atoms with van der Waals surface area (Å²) in [6.07, 6.45) is -1.50. The monoisotopic (exact) mass is 859 g/mol. The molecule has 332 valence electrons. The van der Waals surface area contributed by atoms with Crippen LogP contribution in [0.25, 0.3) is 0 Å². The number of ether oxygens (including phenoxy) is 4. The summed E-state index contributed by atoms with van der Waals surface area (Å²) >= 11 is 0. The van der Waals surface area contributed by atoms with Crippen molar-refractivity contribution < 1.29 is 32.6 Å². The normalized spacial score (nSPS) is 27.4. The SMILES string of the molecule is C[C@@H]1[C@H]([C@@H](C)CC(=O)[C@@H](O[Si](C)(C)C(C)(C)C)[C@H](C)[C@H]2O[C@H](c3ccccc3)O[C@H](C)[C@@H]2C)OC(C)(C)O[C@@H]1[C@@H](C)CO[Si](c1ccccc1)(c1ccccc1)C(C)(C)C.